The van der Waals surface area contributed by atoms with Crippen molar-refractivity contribution in [1.29, 1.82) is 0 Å². The standard InChI is InChI=1S/C59H90O6/c1-4-7-10-13-16-19-22-25-27-29-31-34-37-40-43-46-49-52-58(61)64-55-56(54-63-57(60)51-48-45-42-39-36-33-24-21-18-15-12-9-6-3)65-59(62)53-50-47-44-41-38-35-32-30-28-26-23-20-17-14-11-8-5-2/h7-8,10-11,16-17,19-20,25-28,31-36,40-45,56H,4-6,9,12-15,18,21-24,29-30,37-39,46-55H2,1-3H3/b10-7-,11-8-,19-16-,20-17-,27-25-,28-26-,34-31-,35-32-,36-33-,43-40-,44-41-,45-42-. The van der Waals surface area contributed by atoms with Crippen LogP contribution in [-0.4, -0.2) is 37.2 Å². The molecule has 6 nitrogen and oxygen atoms in total. The largest absolute Gasteiger partial charge is 0.462 e. The van der Waals surface area contributed by atoms with Crippen LogP contribution in [0.2, 0.25) is 0 Å². The molecule has 0 spiro atoms. The van der Waals surface area contributed by atoms with Crippen LogP contribution in [0.1, 0.15) is 188 Å². The lowest BCUT2D eigenvalue weighted by atomic mass is 10.1. The number of esters is 3. The third-order valence-corrected chi connectivity index (χ3v) is 9.82. The molecule has 0 aliphatic heterocycles. The number of carbonyl (C=O) groups excluding carboxylic acids is 3. The summed E-state index contributed by atoms with van der Waals surface area (Å²) in [7, 11) is 0. The Bertz CT molecular complexity index is 1490. The van der Waals surface area contributed by atoms with Crippen molar-refractivity contribution in [2.24, 2.45) is 0 Å². The van der Waals surface area contributed by atoms with Gasteiger partial charge in [0.15, 0.2) is 6.10 Å². The van der Waals surface area contributed by atoms with Gasteiger partial charge in [-0.1, -0.05) is 199 Å². The molecule has 362 valence electrons. The molecule has 0 saturated carbocycles. The highest BCUT2D eigenvalue weighted by Gasteiger charge is 2.19. The smallest absolute Gasteiger partial charge is 0.306 e. The highest BCUT2D eigenvalue weighted by Crippen LogP contribution is 2.09. The maximum atomic E-state index is 12.8. The molecular weight excluding hydrogens is 805 g/mol. The van der Waals surface area contributed by atoms with Crippen molar-refractivity contribution >= 4 is 17.9 Å². The Labute approximate surface area is 397 Å². The summed E-state index contributed by atoms with van der Waals surface area (Å²) >= 11 is 0. The first-order chi connectivity index (χ1) is 32.0. The predicted molar refractivity (Wildman–Crippen MR) is 279 cm³/mol. The van der Waals surface area contributed by atoms with Crippen LogP contribution in [0.3, 0.4) is 0 Å². The van der Waals surface area contributed by atoms with Gasteiger partial charge in [0.05, 0.1) is 0 Å². The Morgan fingerprint density at radius 2 is 0.631 bits per heavy atom. The maximum absolute atomic E-state index is 12.8. The number of ether oxygens (including phenoxy) is 3. The number of rotatable bonds is 43. The molecule has 0 amide bonds. The van der Waals surface area contributed by atoms with Crippen molar-refractivity contribution in [2.45, 2.75) is 194 Å². The Hall–Kier alpha value is -4.71. The van der Waals surface area contributed by atoms with Crippen LogP contribution in [0.25, 0.3) is 0 Å². The van der Waals surface area contributed by atoms with Crippen LogP contribution in [0.4, 0.5) is 0 Å². The molecule has 1 atom stereocenters. The molecule has 1 unspecified atom stereocenters. The van der Waals surface area contributed by atoms with Gasteiger partial charge in [-0.2, -0.15) is 0 Å². The van der Waals surface area contributed by atoms with Crippen molar-refractivity contribution in [3.8, 4) is 0 Å². The minimum absolute atomic E-state index is 0.154. The van der Waals surface area contributed by atoms with Crippen LogP contribution in [0.15, 0.2) is 146 Å². The number of hydrogen-bond donors (Lipinski definition) is 0. The van der Waals surface area contributed by atoms with E-state index < -0.39 is 12.1 Å². The first-order valence-corrected chi connectivity index (χ1v) is 25.3. The van der Waals surface area contributed by atoms with E-state index in [-0.39, 0.29) is 44.4 Å². The van der Waals surface area contributed by atoms with E-state index in [0.717, 1.165) is 89.9 Å². The van der Waals surface area contributed by atoms with E-state index in [0.29, 0.717) is 19.3 Å². The second-order valence-corrected chi connectivity index (χ2v) is 16.0. The summed E-state index contributed by atoms with van der Waals surface area (Å²) in [4.78, 5) is 37.9. The number of hydrogen-bond acceptors (Lipinski definition) is 6. The second kappa shape index (κ2) is 51.9. The lowest BCUT2D eigenvalue weighted by Crippen LogP contribution is -2.30. The zero-order chi connectivity index (χ0) is 47.2. The van der Waals surface area contributed by atoms with Crippen LogP contribution >= 0.6 is 0 Å². The molecule has 0 aromatic heterocycles. The molecule has 0 bridgehead atoms. The molecular formula is C59H90O6. The van der Waals surface area contributed by atoms with Gasteiger partial charge in [-0.15, -0.1) is 0 Å². The van der Waals surface area contributed by atoms with Crippen molar-refractivity contribution < 1.29 is 28.6 Å². The fourth-order valence-corrected chi connectivity index (χ4v) is 6.09. The Balaban J connectivity index is 4.67. The van der Waals surface area contributed by atoms with Crippen LogP contribution < -0.4 is 0 Å². The van der Waals surface area contributed by atoms with E-state index in [4.69, 9.17) is 14.2 Å². The molecule has 0 saturated heterocycles. The van der Waals surface area contributed by atoms with E-state index in [9.17, 15) is 14.4 Å². The number of allylic oxidation sites excluding steroid dienone is 24. The van der Waals surface area contributed by atoms with Gasteiger partial charge in [-0.3, -0.25) is 14.4 Å². The van der Waals surface area contributed by atoms with Gasteiger partial charge in [0.1, 0.15) is 13.2 Å². The van der Waals surface area contributed by atoms with E-state index in [1.54, 1.807) is 0 Å². The lowest BCUT2D eigenvalue weighted by molar-refractivity contribution is -0.166. The fourth-order valence-electron chi connectivity index (χ4n) is 6.09. The Morgan fingerprint density at radius 1 is 0.323 bits per heavy atom. The monoisotopic (exact) mass is 895 g/mol. The third-order valence-electron chi connectivity index (χ3n) is 9.82. The van der Waals surface area contributed by atoms with Crippen LogP contribution in [-0.2, 0) is 28.6 Å². The van der Waals surface area contributed by atoms with Gasteiger partial charge in [0.2, 0.25) is 0 Å². The minimum atomic E-state index is -0.859. The summed E-state index contributed by atoms with van der Waals surface area (Å²) in [6, 6.07) is 0. The van der Waals surface area contributed by atoms with Gasteiger partial charge in [-0.25, -0.2) is 0 Å². The molecule has 0 fully saturated rings. The van der Waals surface area contributed by atoms with E-state index in [1.807, 2.05) is 6.08 Å². The highest BCUT2D eigenvalue weighted by molar-refractivity contribution is 5.71. The minimum Gasteiger partial charge on any atom is -0.462 e. The van der Waals surface area contributed by atoms with Gasteiger partial charge in [0, 0.05) is 19.3 Å². The molecule has 65 heavy (non-hydrogen) atoms. The lowest BCUT2D eigenvalue weighted by Gasteiger charge is -2.18. The van der Waals surface area contributed by atoms with Crippen molar-refractivity contribution in [2.75, 3.05) is 13.2 Å². The first kappa shape index (κ1) is 60.3. The Kier molecular flexibility index (Phi) is 48.2. The molecule has 0 aromatic rings. The summed E-state index contributed by atoms with van der Waals surface area (Å²) in [5, 5.41) is 0. The van der Waals surface area contributed by atoms with Crippen molar-refractivity contribution in [3.63, 3.8) is 0 Å². The first-order valence-electron chi connectivity index (χ1n) is 25.3. The number of unbranched alkanes of at least 4 members (excludes halogenated alkanes) is 8. The average Bonchev–Trinajstić information content (AvgIpc) is 3.30. The predicted octanol–water partition coefficient (Wildman–Crippen LogP) is 16.9. The van der Waals surface area contributed by atoms with Crippen LogP contribution in [0, 0.1) is 0 Å². The Morgan fingerprint density at radius 3 is 1.03 bits per heavy atom. The third kappa shape index (κ3) is 50.2. The normalized spacial score (nSPS) is 13.3. The topological polar surface area (TPSA) is 78.9 Å². The highest BCUT2D eigenvalue weighted by atomic mass is 16.6. The quantitative estimate of drug-likeness (QED) is 0.0263. The van der Waals surface area contributed by atoms with Gasteiger partial charge < -0.3 is 14.2 Å². The second-order valence-electron chi connectivity index (χ2n) is 16.0. The van der Waals surface area contributed by atoms with Crippen LogP contribution in [0.5, 0.6) is 0 Å². The summed E-state index contributed by atoms with van der Waals surface area (Å²) in [6.07, 6.45) is 74.3. The zero-order valence-electron chi connectivity index (χ0n) is 41.2. The zero-order valence-corrected chi connectivity index (χ0v) is 41.2. The summed E-state index contributed by atoms with van der Waals surface area (Å²) in [6.45, 7) is 6.22. The molecule has 0 aromatic carbocycles. The molecule has 0 rings (SSSR count). The van der Waals surface area contributed by atoms with E-state index >= 15 is 0 Å². The van der Waals surface area contributed by atoms with Crippen molar-refractivity contribution in [1.82, 2.24) is 0 Å². The molecule has 0 radical (unpaired) electrons. The summed E-state index contributed by atoms with van der Waals surface area (Å²) < 4.78 is 16.6. The summed E-state index contributed by atoms with van der Waals surface area (Å²) in [5.41, 5.74) is 0. The fraction of sp³-hybridized carbons (Fsp3) is 0.542. The summed E-state index contributed by atoms with van der Waals surface area (Å²) in [5.74, 6) is -1.15. The number of carbonyl (C=O) groups is 3. The SMILES string of the molecule is CC/C=C\C/C=C\C/C=C\C/C=C\C/C=C\CCCC(=O)OCC(COC(=O)CC/C=C\C/C=C\CCCCCCCC)OC(=O)CCC/C=C\C/C=C\C/C=C\C/C=C\C/C=C\CC. The van der Waals surface area contributed by atoms with Crippen molar-refractivity contribution in [3.05, 3.63) is 146 Å². The molecule has 0 aliphatic rings. The molecule has 6 heteroatoms. The molecule has 0 aliphatic carbocycles. The van der Waals surface area contributed by atoms with Gasteiger partial charge in [0.25, 0.3) is 0 Å². The average molecular weight is 895 g/mol. The van der Waals surface area contributed by atoms with E-state index in [1.165, 1.54) is 38.5 Å². The molecule has 0 heterocycles. The maximum Gasteiger partial charge on any atom is 0.306 e. The van der Waals surface area contributed by atoms with E-state index in [2.05, 4.69) is 161 Å². The molecule has 0 N–H and O–H groups in total. The van der Waals surface area contributed by atoms with Gasteiger partial charge in [-0.05, 0) is 116 Å². The van der Waals surface area contributed by atoms with Gasteiger partial charge >= 0.3 is 17.9 Å².